The second kappa shape index (κ2) is 9.85. The number of halogens is 2. The van der Waals surface area contributed by atoms with E-state index in [9.17, 15) is 4.79 Å². The van der Waals surface area contributed by atoms with Crippen LogP contribution in [0.15, 0.2) is 30.9 Å². The van der Waals surface area contributed by atoms with Gasteiger partial charge in [0.05, 0.1) is 17.3 Å². The van der Waals surface area contributed by atoms with E-state index in [1.807, 2.05) is 20.0 Å². The van der Waals surface area contributed by atoms with Gasteiger partial charge in [-0.05, 0) is 31.8 Å². The third kappa shape index (κ3) is 6.79. The summed E-state index contributed by atoms with van der Waals surface area (Å²) in [4.78, 5) is 16.4. The smallest absolute Gasteiger partial charge is 0.238 e. The van der Waals surface area contributed by atoms with Crippen LogP contribution in [0.1, 0.15) is 6.92 Å². The first kappa shape index (κ1) is 19.0. The number of rotatable bonds is 9. The van der Waals surface area contributed by atoms with Crippen molar-refractivity contribution in [1.82, 2.24) is 9.80 Å². The lowest BCUT2D eigenvalue weighted by atomic mass is 10.3. The fourth-order valence-corrected chi connectivity index (χ4v) is 2.30. The Balaban J connectivity index is 2.50. The summed E-state index contributed by atoms with van der Waals surface area (Å²) in [5, 5.41) is 3.82. The van der Waals surface area contributed by atoms with Gasteiger partial charge in [-0.15, -0.1) is 6.58 Å². The Morgan fingerprint density at radius 1 is 1.36 bits per heavy atom. The van der Waals surface area contributed by atoms with Crippen molar-refractivity contribution in [2.24, 2.45) is 0 Å². The summed E-state index contributed by atoms with van der Waals surface area (Å²) in [7, 11) is 2.03. The molecule has 22 heavy (non-hydrogen) atoms. The molecule has 0 saturated carbocycles. The molecule has 0 spiro atoms. The number of carbonyl (C=O) groups excluding carboxylic acids is 1. The molecule has 0 aliphatic carbocycles. The minimum absolute atomic E-state index is 0.0996. The first-order valence-electron chi connectivity index (χ1n) is 7.23. The quantitative estimate of drug-likeness (QED) is 0.698. The summed E-state index contributed by atoms with van der Waals surface area (Å²) in [5.41, 5.74) is 0.541. The van der Waals surface area contributed by atoms with E-state index in [0.717, 1.165) is 26.2 Å². The van der Waals surface area contributed by atoms with Crippen LogP contribution in [0, 0.1) is 0 Å². The third-order valence-corrected chi connectivity index (χ3v) is 3.82. The molecule has 4 nitrogen and oxygen atoms in total. The van der Waals surface area contributed by atoms with E-state index in [-0.39, 0.29) is 5.91 Å². The normalized spacial score (nSPS) is 11.0. The summed E-state index contributed by atoms with van der Waals surface area (Å²) in [6.45, 7) is 9.41. The number of hydrogen-bond acceptors (Lipinski definition) is 3. The molecule has 1 N–H and O–H groups in total. The van der Waals surface area contributed by atoms with Crippen molar-refractivity contribution >= 4 is 34.8 Å². The van der Waals surface area contributed by atoms with Crippen molar-refractivity contribution in [2.75, 3.05) is 45.1 Å². The molecule has 1 aromatic carbocycles. The highest BCUT2D eigenvalue weighted by Crippen LogP contribution is 2.25. The molecule has 0 radical (unpaired) electrons. The Labute approximate surface area is 142 Å². The maximum absolute atomic E-state index is 12.1. The minimum Gasteiger partial charge on any atom is -0.324 e. The second-order valence-corrected chi connectivity index (χ2v) is 5.94. The molecule has 0 unspecified atom stereocenters. The number of amides is 1. The molecule has 0 aliphatic heterocycles. The molecule has 0 bridgehead atoms. The van der Waals surface area contributed by atoms with E-state index in [1.54, 1.807) is 18.2 Å². The van der Waals surface area contributed by atoms with Crippen LogP contribution in [0.4, 0.5) is 5.69 Å². The number of nitrogens with one attached hydrogen (secondary N) is 1. The number of hydrogen-bond donors (Lipinski definition) is 1. The van der Waals surface area contributed by atoms with Gasteiger partial charge in [0.2, 0.25) is 5.91 Å². The lowest BCUT2D eigenvalue weighted by Gasteiger charge is -2.23. The molecule has 122 valence electrons. The largest absolute Gasteiger partial charge is 0.324 e. The lowest BCUT2D eigenvalue weighted by Crippen LogP contribution is -2.38. The van der Waals surface area contributed by atoms with E-state index >= 15 is 0 Å². The first-order chi connectivity index (χ1) is 10.5. The highest BCUT2D eigenvalue weighted by Gasteiger charge is 2.11. The maximum Gasteiger partial charge on any atom is 0.238 e. The Kier molecular flexibility index (Phi) is 8.49. The Morgan fingerprint density at radius 2 is 2.09 bits per heavy atom. The fourth-order valence-electron chi connectivity index (χ4n) is 1.96. The molecule has 1 amide bonds. The van der Waals surface area contributed by atoms with Gasteiger partial charge in [-0.2, -0.15) is 0 Å². The van der Waals surface area contributed by atoms with Gasteiger partial charge in [-0.3, -0.25) is 9.69 Å². The Bertz CT molecular complexity index is 508. The number of likely N-dealkylation sites (N-methyl/N-ethyl adjacent to an activating group) is 2. The number of anilines is 1. The van der Waals surface area contributed by atoms with Crippen LogP contribution in [0.25, 0.3) is 0 Å². The SMILES string of the molecule is C=CCN(C)CCN(CC)CC(=O)Nc1cc(Cl)ccc1Cl. The predicted octanol–water partition coefficient (Wildman–Crippen LogP) is 3.37. The molecule has 1 aromatic rings. The summed E-state index contributed by atoms with van der Waals surface area (Å²) >= 11 is 12.0. The molecule has 0 aliphatic rings. The third-order valence-electron chi connectivity index (χ3n) is 3.26. The van der Waals surface area contributed by atoms with Gasteiger partial charge in [0.15, 0.2) is 0 Å². The van der Waals surface area contributed by atoms with Crippen molar-refractivity contribution in [1.29, 1.82) is 0 Å². The minimum atomic E-state index is -0.0996. The van der Waals surface area contributed by atoms with Gasteiger partial charge in [-0.25, -0.2) is 0 Å². The van der Waals surface area contributed by atoms with E-state index in [1.165, 1.54) is 0 Å². The average Bonchev–Trinajstić information content (AvgIpc) is 2.47. The molecule has 0 heterocycles. The Morgan fingerprint density at radius 3 is 2.73 bits per heavy atom. The van der Waals surface area contributed by atoms with Crippen molar-refractivity contribution in [3.8, 4) is 0 Å². The molecule has 0 aromatic heterocycles. The first-order valence-corrected chi connectivity index (χ1v) is 7.98. The monoisotopic (exact) mass is 343 g/mol. The standard InChI is InChI=1S/C16H23Cl2N3O/c1-4-8-20(3)9-10-21(5-2)12-16(22)19-15-11-13(17)6-7-14(15)18/h4,6-7,11H,1,5,8-10,12H2,2-3H3,(H,19,22). The lowest BCUT2D eigenvalue weighted by molar-refractivity contribution is -0.117. The summed E-state index contributed by atoms with van der Waals surface area (Å²) in [6.07, 6.45) is 1.87. The zero-order valence-electron chi connectivity index (χ0n) is 13.1. The highest BCUT2D eigenvalue weighted by atomic mass is 35.5. The van der Waals surface area contributed by atoms with Crippen molar-refractivity contribution in [3.63, 3.8) is 0 Å². The Hall–Kier alpha value is -1.07. The van der Waals surface area contributed by atoms with Crippen LogP contribution in [0.2, 0.25) is 10.0 Å². The van der Waals surface area contributed by atoms with Gasteiger partial charge in [0.25, 0.3) is 0 Å². The fraction of sp³-hybridized carbons (Fsp3) is 0.438. The van der Waals surface area contributed by atoms with E-state index < -0.39 is 0 Å². The van der Waals surface area contributed by atoms with E-state index in [4.69, 9.17) is 23.2 Å². The van der Waals surface area contributed by atoms with Crippen LogP contribution in [0.5, 0.6) is 0 Å². The number of nitrogens with zero attached hydrogens (tertiary/aromatic N) is 2. The molecular weight excluding hydrogens is 321 g/mol. The molecule has 0 saturated heterocycles. The van der Waals surface area contributed by atoms with Crippen LogP contribution in [-0.2, 0) is 4.79 Å². The molecule has 1 rings (SSSR count). The molecule has 0 fully saturated rings. The van der Waals surface area contributed by atoms with Gasteiger partial charge < -0.3 is 10.2 Å². The predicted molar refractivity (Wildman–Crippen MR) is 94.9 cm³/mol. The van der Waals surface area contributed by atoms with Gasteiger partial charge >= 0.3 is 0 Å². The van der Waals surface area contributed by atoms with E-state index in [2.05, 4.69) is 21.7 Å². The summed E-state index contributed by atoms with van der Waals surface area (Å²) in [6, 6.07) is 5.00. The van der Waals surface area contributed by atoms with Crippen LogP contribution < -0.4 is 5.32 Å². The number of benzene rings is 1. The average molecular weight is 344 g/mol. The molecule has 6 heteroatoms. The van der Waals surface area contributed by atoms with Crippen LogP contribution in [-0.4, -0.2) is 55.5 Å². The second-order valence-electron chi connectivity index (χ2n) is 5.09. The maximum atomic E-state index is 12.1. The van der Waals surface area contributed by atoms with E-state index in [0.29, 0.717) is 22.3 Å². The van der Waals surface area contributed by atoms with Gasteiger partial charge in [-0.1, -0.05) is 36.2 Å². The van der Waals surface area contributed by atoms with Crippen LogP contribution >= 0.6 is 23.2 Å². The van der Waals surface area contributed by atoms with Gasteiger partial charge in [0, 0.05) is 24.7 Å². The van der Waals surface area contributed by atoms with Crippen molar-refractivity contribution < 1.29 is 4.79 Å². The summed E-state index contributed by atoms with van der Waals surface area (Å²) < 4.78 is 0. The van der Waals surface area contributed by atoms with Crippen molar-refractivity contribution in [3.05, 3.63) is 40.9 Å². The zero-order chi connectivity index (χ0) is 16.5. The van der Waals surface area contributed by atoms with Crippen molar-refractivity contribution in [2.45, 2.75) is 6.92 Å². The highest BCUT2D eigenvalue weighted by molar-refractivity contribution is 6.35. The van der Waals surface area contributed by atoms with Crippen LogP contribution in [0.3, 0.4) is 0 Å². The summed E-state index contributed by atoms with van der Waals surface area (Å²) in [5.74, 6) is -0.0996. The molecule has 0 atom stereocenters. The van der Waals surface area contributed by atoms with Gasteiger partial charge in [0.1, 0.15) is 0 Å². The number of carbonyl (C=O) groups is 1. The topological polar surface area (TPSA) is 35.6 Å². The molecular formula is C16H23Cl2N3O. The zero-order valence-corrected chi connectivity index (χ0v) is 14.6.